The molecule has 0 rings (SSSR count). The molecule has 68 valence electrons. The lowest BCUT2D eigenvalue weighted by atomic mass is 10.1. The van der Waals surface area contributed by atoms with Gasteiger partial charge in [-0.15, -0.1) is 0 Å². The Kier molecular flexibility index (Phi) is 4.69. The summed E-state index contributed by atoms with van der Waals surface area (Å²) in [5, 5.41) is 12.6. The van der Waals surface area contributed by atoms with E-state index in [1.165, 1.54) is 0 Å². The van der Waals surface area contributed by atoms with E-state index in [1.807, 2.05) is 13.8 Å². The number of hydrogen-bond donors (Lipinski definition) is 2. The van der Waals surface area contributed by atoms with Gasteiger partial charge in [0.2, 0.25) is 0 Å². The summed E-state index contributed by atoms with van der Waals surface area (Å²) >= 11 is 0. The molecule has 0 unspecified atom stereocenters. The molecule has 2 heteroatoms. The number of nitrogens with one attached hydrogen (secondary N) is 1. The topological polar surface area (TPSA) is 32.3 Å². The van der Waals surface area contributed by atoms with Gasteiger partial charge in [-0.3, -0.25) is 0 Å². The molecule has 0 aromatic heterocycles. The van der Waals surface area contributed by atoms with Gasteiger partial charge in [-0.2, -0.15) is 0 Å². The van der Waals surface area contributed by atoms with Crippen molar-refractivity contribution in [1.82, 2.24) is 5.32 Å². The molecule has 0 spiro atoms. The van der Waals surface area contributed by atoms with Crippen molar-refractivity contribution in [3.05, 3.63) is 0 Å². The predicted octanol–water partition coefficient (Wildman–Crippen LogP) is 1.39. The summed E-state index contributed by atoms with van der Waals surface area (Å²) in [6, 6.07) is 0. The van der Waals surface area contributed by atoms with Crippen LogP contribution >= 0.6 is 0 Å². The van der Waals surface area contributed by atoms with Gasteiger partial charge in [-0.1, -0.05) is 13.8 Å². The second-order valence-corrected chi connectivity index (χ2v) is 4.16. The molecule has 0 fully saturated rings. The molecule has 0 bridgehead atoms. The van der Waals surface area contributed by atoms with Crippen molar-refractivity contribution in [3.8, 4) is 0 Å². The minimum Gasteiger partial charge on any atom is -0.390 e. The summed E-state index contributed by atoms with van der Waals surface area (Å²) in [6.45, 7) is 9.97. The standard InChI is InChI=1S/C9H21NO/c1-8(2)7-10-6-5-9(3,4)11/h8,10-11H,5-7H2,1-4H3. The zero-order chi connectivity index (χ0) is 8.91. The highest BCUT2D eigenvalue weighted by molar-refractivity contribution is 4.66. The van der Waals surface area contributed by atoms with Gasteiger partial charge < -0.3 is 10.4 Å². The van der Waals surface area contributed by atoms with Crippen LogP contribution in [0.15, 0.2) is 0 Å². The van der Waals surface area contributed by atoms with Gasteiger partial charge in [0.15, 0.2) is 0 Å². The monoisotopic (exact) mass is 159 g/mol. The normalized spacial score (nSPS) is 12.5. The first-order valence-corrected chi connectivity index (χ1v) is 4.35. The van der Waals surface area contributed by atoms with E-state index in [0.717, 1.165) is 19.5 Å². The highest BCUT2D eigenvalue weighted by Gasteiger charge is 2.10. The van der Waals surface area contributed by atoms with Crippen LogP contribution in [0.3, 0.4) is 0 Å². The van der Waals surface area contributed by atoms with Crippen LogP contribution < -0.4 is 5.32 Å². The average molecular weight is 159 g/mol. The van der Waals surface area contributed by atoms with Crippen LogP contribution in [0.5, 0.6) is 0 Å². The second-order valence-electron chi connectivity index (χ2n) is 4.16. The van der Waals surface area contributed by atoms with Crippen molar-refractivity contribution in [3.63, 3.8) is 0 Å². The number of rotatable bonds is 5. The molecule has 0 aliphatic heterocycles. The number of aliphatic hydroxyl groups is 1. The summed E-state index contributed by atoms with van der Waals surface area (Å²) in [4.78, 5) is 0. The van der Waals surface area contributed by atoms with Gasteiger partial charge in [0.25, 0.3) is 0 Å². The van der Waals surface area contributed by atoms with Gasteiger partial charge in [0.1, 0.15) is 0 Å². The van der Waals surface area contributed by atoms with Crippen molar-refractivity contribution in [2.24, 2.45) is 5.92 Å². The van der Waals surface area contributed by atoms with Crippen molar-refractivity contribution in [2.45, 2.75) is 39.7 Å². The van der Waals surface area contributed by atoms with Crippen molar-refractivity contribution in [1.29, 1.82) is 0 Å². The molecule has 0 heterocycles. The average Bonchev–Trinajstić information content (AvgIpc) is 1.78. The van der Waals surface area contributed by atoms with Gasteiger partial charge in [-0.05, 0) is 39.3 Å². The Bertz CT molecular complexity index is 94.2. The fourth-order valence-electron chi connectivity index (χ4n) is 0.785. The van der Waals surface area contributed by atoms with E-state index in [2.05, 4.69) is 19.2 Å². The van der Waals surface area contributed by atoms with Crippen LogP contribution in [0.25, 0.3) is 0 Å². The summed E-state index contributed by atoms with van der Waals surface area (Å²) in [5.74, 6) is 0.691. The van der Waals surface area contributed by atoms with Crippen LogP contribution in [0.1, 0.15) is 34.1 Å². The van der Waals surface area contributed by atoms with Crippen molar-refractivity contribution in [2.75, 3.05) is 13.1 Å². The third-order valence-electron chi connectivity index (χ3n) is 1.47. The molecule has 11 heavy (non-hydrogen) atoms. The minimum absolute atomic E-state index is 0.524. The Labute approximate surface area is 70.0 Å². The summed E-state index contributed by atoms with van der Waals surface area (Å²) in [5.41, 5.74) is -0.524. The molecular weight excluding hydrogens is 138 g/mol. The molecule has 2 nitrogen and oxygen atoms in total. The van der Waals surface area contributed by atoms with Crippen molar-refractivity contribution < 1.29 is 5.11 Å². The van der Waals surface area contributed by atoms with Crippen molar-refractivity contribution >= 4 is 0 Å². The Morgan fingerprint density at radius 1 is 1.36 bits per heavy atom. The van der Waals surface area contributed by atoms with Gasteiger partial charge in [0.05, 0.1) is 5.60 Å². The molecule has 0 aliphatic rings. The van der Waals surface area contributed by atoms with Crippen LogP contribution in [-0.4, -0.2) is 23.8 Å². The zero-order valence-electron chi connectivity index (χ0n) is 8.15. The molecule has 2 N–H and O–H groups in total. The predicted molar refractivity (Wildman–Crippen MR) is 48.6 cm³/mol. The largest absolute Gasteiger partial charge is 0.390 e. The molecule has 0 radical (unpaired) electrons. The molecule has 0 aliphatic carbocycles. The molecule has 0 saturated carbocycles. The SMILES string of the molecule is CC(C)CNCCC(C)(C)O. The number of hydrogen-bond acceptors (Lipinski definition) is 2. The summed E-state index contributed by atoms with van der Waals surface area (Å²) in [6.07, 6.45) is 0.819. The first-order chi connectivity index (χ1) is 4.92. The van der Waals surface area contributed by atoms with E-state index in [0.29, 0.717) is 5.92 Å². The quantitative estimate of drug-likeness (QED) is 0.594. The molecular formula is C9H21NO. The summed E-state index contributed by atoms with van der Waals surface area (Å²) < 4.78 is 0. The maximum atomic E-state index is 9.34. The third-order valence-corrected chi connectivity index (χ3v) is 1.47. The van der Waals surface area contributed by atoms with Crippen LogP contribution in [-0.2, 0) is 0 Å². The van der Waals surface area contributed by atoms with Crippen LogP contribution in [0.2, 0.25) is 0 Å². The van der Waals surface area contributed by atoms with E-state index in [9.17, 15) is 5.11 Å². The maximum Gasteiger partial charge on any atom is 0.0603 e. The van der Waals surface area contributed by atoms with E-state index in [1.54, 1.807) is 0 Å². The van der Waals surface area contributed by atoms with Gasteiger partial charge in [-0.25, -0.2) is 0 Å². The Morgan fingerprint density at radius 2 is 1.91 bits per heavy atom. The molecule has 0 aromatic rings. The first-order valence-electron chi connectivity index (χ1n) is 4.35. The fourth-order valence-corrected chi connectivity index (χ4v) is 0.785. The Hall–Kier alpha value is -0.0800. The van der Waals surface area contributed by atoms with Crippen LogP contribution in [0.4, 0.5) is 0 Å². The lowest BCUT2D eigenvalue weighted by Gasteiger charge is -2.17. The highest BCUT2D eigenvalue weighted by atomic mass is 16.3. The molecule has 0 saturated heterocycles. The van der Waals surface area contributed by atoms with E-state index >= 15 is 0 Å². The lowest BCUT2D eigenvalue weighted by Crippen LogP contribution is -2.28. The minimum atomic E-state index is -0.524. The maximum absolute atomic E-state index is 9.34. The molecule has 0 atom stereocenters. The highest BCUT2D eigenvalue weighted by Crippen LogP contribution is 2.04. The molecule has 0 amide bonds. The summed E-state index contributed by atoms with van der Waals surface area (Å²) in [7, 11) is 0. The van der Waals surface area contributed by atoms with E-state index < -0.39 is 5.60 Å². The van der Waals surface area contributed by atoms with Gasteiger partial charge >= 0.3 is 0 Å². The smallest absolute Gasteiger partial charge is 0.0603 e. The van der Waals surface area contributed by atoms with Gasteiger partial charge in [0, 0.05) is 0 Å². The lowest BCUT2D eigenvalue weighted by molar-refractivity contribution is 0.0710. The Balaban J connectivity index is 3.15. The fraction of sp³-hybridized carbons (Fsp3) is 1.00. The second kappa shape index (κ2) is 4.73. The Morgan fingerprint density at radius 3 is 2.27 bits per heavy atom. The molecule has 0 aromatic carbocycles. The third kappa shape index (κ3) is 9.92. The van der Waals surface area contributed by atoms with E-state index in [4.69, 9.17) is 0 Å². The van der Waals surface area contributed by atoms with E-state index in [-0.39, 0.29) is 0 Å². The zero-order valence-corrected chi connectivity index (χ0v) is 8.15. The first kappa shape index (κ1) is 10.9. The van der Waals surface area contributed by atoms with Crippen LogP contribution in [0, 0.1) is 5.92 Å².